The van der Waals surface area contributed by atoms with Gasteiger partial charge in [-0.15, -0.1) is 0 Å². The minimum absolute atomic E-state index is 0.0900. The largest absolute Gasteiger partial charge is 0.508 e. The van der Waals surface area contributed by atoms with E-state index in [9.17, 15) is 9.90 Å². The van der Waals surface area contributed by atoms with E-state index in [1.807, 2.05) is 17.9 Å². The number of rotatable bonds is 5. The zero-order chi connectivity index (χ0) is 13.4. The van der Waals surface area contributed by atoms with E-state index in [2.05, 4.69) is 0 Å². The Balaban J connectivity index is 1.79. The Morgan fingerprint density at radius 1 is 1.21 bits per heavy atom. The van der Waals surface area contributed by atoms with E-state index in [4.69, 9.17) is 0 Å². The van der Waals surface area contributed by atoms with Gasteiger partial charge in [0.25, 0.3) is 5.91 Å². The maximum Gasteiger partial charge on any atom is 0.254 e. The van der Waals surface area contributed by atoms with Crippen LogP contribution in [0.3, 0.4) is 0 Å². The highest BCUT2D eigenvalue weighted by atomic mass is 16.3. The molecule has 1 N–H and O–H groups in total. The van der Waals surface area contributed by atoms with E-state index in [1.54, 1.807) is 12.1 Å². The highest BCUT2D eigenvalue weighted by Gasteiger charge is 2.32. The number of benzene rings is 1. The number of nitrogens with zero attached hydrogens (tertiary/aromatic N) is 1. The van der Waals surface area contributed by atoms with Crippen molar-refractivity contribution in [2.24, 2.45) is 11.8 Å². The number of amides is 1. The van der Waals surface area contributed by atoms with E-state index < -0.39 is 0 Å². The van der Waals surface area contributed by atoms with Crippen molar-refractivity contribution in [1.29, 1.82) is 0 Å². The molecule has 0 bridgehead atoms. The van der Waals surface area contributed by atoms with Crippen LogP contribution in [0.5, 0.6) is 5.75 Å². The number of hydrogen-bond donors (Lipinski definition) is 1. The quantitative estimate of drug-likeness (QED) is 0.883. The summed E-state index contributed by atoms with van der Waals surface area (Å²) in [4.78, 5) is 14.7. The molecule has 0 unspecified atom stereocenters. The predicted octanol–water partition coefficient (Wildman–Crippen LogP) is 2.96. The van der Waals surface area contributed by atoms with Crippen LogP contribution in [0.1, 0.15) is 41.6 Å². The lowest BCUT2D eigenvalue weighted by Crippen LogP contribution is -2.35. The molecule has 0 heterocycles. The molecule has 0 aliphatic heterocycles. The molecule has 0 spiro atoms. The Kier molecular flexibility index (Phi) is 3.21. The lowest BCUT2D eigenvalue weighted by atomic mass is 10.1. The van der Waals surface area contributed by atoms with Gasteiger partial charge in [0, 0.05) is 24.2 Å². The minimum atomic E-state index is 0.0900. The van der Waals surface area contributed by atoms with Crippen LogP contribution in [0, 0.1) is 18.8 Å². The first-order valence-electron chi connectivity index (χ1n) is 7.23. The maximum absolute atomic E-state index is 12.7. The molecule has 0 radical (unpaired) electrons. The van der Waals surface area contributed by atoms with Gasteiger partial charge in [0.15, 0.2) is 0 Å². The summed E-state index contributed by atoms with van der Waals surface area (Å²) in [5.41, 5.74) is 1.35. The second kappa shape index (κ2) is 4.87. The summed E-state index contributed by atoms with van der Waals surface area (Å²) in [5, 5.41) is 9.75. The molecule has 2 saturated carbocycles. The van der Waals surface area contributed by atoms with Crippen LogP contribution in [-0.2, 0) is 0 Å². The zero-order valence-corrected chi connectivity index (χ0v) is 11.4. The van der Waals surface area contributed by atoms with Crippen molar-refractivity contribution in [3.05, 3.63) is 29.3 Å². The molecule has 2 aliphatic rings. The van der Waals surface area contributed by atoms with E-state index in [0.29, 0.717) is 23.0 Å². The Morgan fingerprint density at radius 3 is 2.32 bits per heavy atom. The molecule has 2 aliphatic carbocycles. The summed E-state index contributed by atoms with van der Waals surface area (Å²) in [6, 6.07) is 5.21. The monoisotopic (exact) mass is 259 g/mol. The van der Waals surface area contributed by atoms with E-state index >= 15 is 0 Å². The number of phenols is 1. The highest BCUT2D eigenvalue weighted by molar-refractivity contribution is 5.96. The molecule has 0 saturated heterocycles. The van der Waals surface area contributed by atoms with Crippen molar-refractivity contribution in [2.75, 3.05) is 13.1 Å². The first-order chi connectivity index (χ1) is 9.15. The lowest BCUT2D eigenvalue weighted by molar-refractivity contribution is 0.0738. The van der Waals surface area contributed by atoms with Crippen LogP contribution < -0.4 is 0 Å². The Labute approximate surface area is 114 Å². The molecule has 1 aromatic rings. The van der Waals surface area contributed by atoms with Crippen molar-refractivity contribution >= 4 is 5.91 Å². The van der Waals surface area contributed by atoms with Gasteiger partial charge in [-0.3, -0.25) is 4.79 Å². The van der Waals surface area contributed by atoms with Gasteiger partial charge in [-0.1, -0.05) is 6.07 Å². The van der Waals surface area contributed by atoms with Crippen LogP contribution in [0.2, 0.25) is 0 Å². The summed E-state index contributed by atoms with van der Waals surface area (Å²) >= 11 is 0. The molecule has 102 valence electrons. The average molecular weight is 259 g/mol. The molecular weight excluding hydrogens is 238 g/mol. The molecule has 3 nitrogen and oxygen atoms in total. The Morgan fingerprint density at radius 2 is 1.79 bits per heavy atom. The van der Waals surface area contributed by atoms with Crippen LogP contribution in [-0.4, -0.2) is 29.0 Å². The standard InChI is InChI=1S/C16H21NO2/c1-11-14(3-2-4-15(11)18)16(19)17(9-12-5-6-12)10-13-7-8-13/h2-4,12-13,18H,5-10H2,1H3. The van der Waals surface area contributed by atoms with E-state index in [-0.39, 0.29) is 11.7 Å². The smallest absolute Gasteiger partial charge is 0.254 e. The van der Waals surface area contributed by atoms with Gasteiger partial charge in [-0.2, -0.15) is 0 Å². The van der Waals surface area contributed by atoms with Crippen molar-refractivity contribution in [1.82, 2.24) is 4.90 Å². The van der Waals surface area contributed by atoms with Crippen LogP contribution >= 0.6 is 0 Å². The van der Waals surface area contributed by atoms with Crippen LogP contribution in [0.25, 0.3) is 0 Å². The molecule has 1 aromatic carbocycles. The SMILES string of the molecule is Cc1c(O)cccc1C(=O)N(CC1CC1)CC1CC1. The first-order valence-corrected chi connectivity index (χ1v) is 7.23. The van der Waals surface area contributed by atoms with Gasteiger partial charge in [-0.25, -0.2) is 0 Å². The third-order valence-corrected chi connectivity index (χ3v) is 4.17. The summed E-state index contributed by atoms with van der Waals surface area (Å²) in [5.74, 6) is 1.72. The molecular formula is C16H21NO2. The molecule has 2 fully saturated rings. The fraction of sp³-hybridized carbons (Fsp3) is 0.562. The maximum atomic E-state index is 12.7. The van der Waals surface area contributed by atoms with Gasteiger partial charge in [0.2, 0.25) is 0 Å². The summed E-state index contributed by atoms with van der Waals surface area (Å²) in [6.45, 7) is 3.60. The van der Waals surface area contributed by atoms with Crippen molar-refractivity contribution in [3.63, 3.8) is 0 Å². The molecule has 1 amide bonds. The normalized spacial score (nSPS) is 18.4. The summed E-state index contributed by atoms with van der Waals surface area (Å²) < 4.78 is 0. The van der Waals surface area contributed by atoms with Crippen molar-refractivity contribution in [3.8, 4) is 5.75 Å². The molecule has 3 heteroatoms. The number of aromatic hydroxyl groups is 1. The number of phenolic OH excluding ortho intramolecular Hbond substituents is 1. The third-order valence-electron chi connectivity index (χ3n) is 4.17. The van der Waals surface area contributed by atoms with Gasteiger partial charge < -0.3 is 10.0 Å². The average Bonchev–Trinajstić information content (AvgIpc) is 3.26. The van der Waals surface area contributed by atoms with Crippen LogP contribution in [0.4, 0.5) is 0 Å². The number of hydrogen-bond acceptors (Lipinski definition) is 2. The molecule has 3 rings (SSSR count). The third kappa shape index (κ3) is 2.91. The van der Waals surface area contributed by atoms with Crippen molar-refractivity contribution in [2.45, 2.75) is 32.6 Å². The van der Waals surface area contributed by atoms with Crippen LogP contribution in [0.15, 0.2) is 18.2 Å². The van der Waals surface area contributed by atoms with Gasteiger partial charge in [0.1, 0.15) is 5.75 Å². The second-order valence-electron chi connectivity index (χ2n) is 6.05. The van der Waals surface area contributed by atoms with Gasteiger partial charge in [-0.05, 0) is 56.6 Å². The number of carbonyl (C=O) groups is 1. The zero-order valence-electron chi connectivity index (χ0n) is 11.4. The summed E-state index contributed by atoms with van der Waals surface area (Å²) in [6.07, 6.45) is 5.03. The minimum Gasteiger partial charge on any atom is -0.508 e. The molecule has 0 atom stereocenters. The fourth-order valence-electron chi connectivity index (χ4n) is 2.49. The summed E-state index contributed by atoms with van der Waals surface area (Å²) in [7, 11) is 0. The Hall–Kier alpha value is -1.51. The second-order valence-corrected chi connectivity index (χ2v) is 6.05. The van der Waals surface area contributed by atoms with Crippen molar-refractivity contribution < 1.29 is 9.90 Å². The van der Waals surface area contributed by atoms with Gasteiger partial charge >= 0.3 is 0 Å². The number of carbonyl (C=O) groups excluding carboxylic acids is 1. The molecule has 0 aromatic heterocycles. The highest BCUT2D eigenvalue weighted by Crippen LogP contribution is 2.34. The molecule has 19 heavy (non-hydrogen) atoms. The van der Waals surface area contributed by atoms with E-state index in [0.717, 1.165) is 13.1 Å². The van der Waals surface area contributed by atoms with E-state index in [1.165, 1.54) is 25.7 Å². The Bertz CT molecular complexity index is 476. The first kappa shape index (κ1) is 12.5. The lowest BCUT2D eigenvalue weighted by Gasteiger charge is -2.23. The van der Waals surface area contributed by atoms with Gasteiger partial charge in [0.05, 0.1) is 0 Å². The fourth-order valence-corrected chi connectivity index (χ4v) is 2.49. The predicted molar refractivity (Wildman–Crippen MR) is 74.2 cm³/mol. The topological polar surface area (TPSA) is 40.5 Å².